The fourth-order valence-electron chi connectivity index (χ4n) is 1.94. The van der Waals surface area contributed by atoms with E-state index in [-0.39, 0.29) is 0 Å². The molecule has 0 unspecified atom stereocenters. The van der Waals surface area contributed by atoms with Crippen LogP contribution in [0.5, 0.6) is 0 Å². The van der Waals surface area contributed by atoms with E-state index in [1.807, 2.05) is 6.92 Å². The van der Waals surface area contributed by atoms with E-state index >= 15 is 0 Å². The zero-order valence-corrected chi connectivity index (χ0v) is 12.0. The van der Waals surface area contributed by atoms with E-state index in [4.69, 9.17) is 4.52 Å². The summed E-state index contributed by atoms with van der Waals surface area (Å²) in [4.78, 5) is 4.65. The number of anilines is 1. The molecule has 2 aromatic heterocycles. The van der Waals surface area contributed by atoms with Crippen LogP contribution in [0.3, 0.4) is 0 Å². The first kappa shape index (κ1) is 12.2. The fourth-order valence-corrected chi connectivity index (χ4v) is 2.86. The molecule has 0 bridgehead atoms. The fraction of sp³-hybridized carbons (Fsp3) is 0.286. The standard InChI is InChI=1S/C14H15N3OS/c1-8-4-5-12-13(10(8)3)16-14(19-12)15-6-11-9(2)7-18-17-11/h4-5,7H,6H2,1-3H3,(H,15,16). The molecule has 0 amide bonds. The molecule has 5 heteroatoms. The monoisotopic (exact) mass is 273 g/mol. The van der Waals surface area contributed by atoms with Gasteiger partial charge in [-0.25, -0.2) is 4.98 Å². The summed E-state index contributed by atoms with van der Waals surface area (Å²) in [5.41, 5.74) is 5.59. The maximum Gasteiger partial charge on any atom is 0.184 e. The predicted octanol–water partition coefficient (Wildman–Crippen LogP) is 3.82. The van der Waals surface area contributed by atoms with Gasteiger partial charge in [0.25, 0.3) is 0 Å². The van der Waals surface area contributed by atoms with Crippen molar-refractivity contribution in [2.45, 2.75) is 27.3 Å². The van der Waals surface area contributed by atoms with Crippen LogP contribution in [0.4, 0.5) is 5.13 Å². The third kappa shape index (κ3) is 2.21. The van der Waals surface area contributed by atoms with E-state index < -0.39 is 0 Å². The summed E-state index contributed by atoms with van der Waals surface area (Å²) < 4.78 is 6.13. The average Bonchev–Trinajstić information content (AvgIpc) is 2.98. The molecule has 0 saturated heterocycles. The highest BCUT2D eigenvalue weighted by molar-refractivity contribution is 7.22. The molecule has 0 aliphatic carbocycles. The van der Waals surface area contributed by atoms with Crippen LogP contribution < -0.4 is 5.32 Å². The second kappa shape index (κ2) is 4.66. The van der Waals surface area contributed by atoms with Crippen LogP contribution in [0.2, 0.25) is 0 Å². The van der Waals surface area contributed by atoms with Gasteiger partial charge in [-0.15, -0.1) is 0 Å². The Morgan fingerprint density at radius 1 is 1.21 bits per heavy atom. The number of fused-ring (bicyclic) bond motifs is 1. The van der Waals surface area contributed by atoms with Gasteiger partial charge < -0.3 is 9.84 Å². The number of aromatic nitrogens is 2. The molecule has 0 atom stereocenters. The maximum atomic E-state index is 4.92. The summed E-state index contributed by atoms with van der Waals surface area (Å²) in [6.45, 7) is 6.85. The van der Waals surface area contributed by atoms with Gasteiger partial charge in [0.1, 0.15) is 12.0 Å². The van der Waals surface area contributed by atoms with E-state index in [0.717, 1.165) is 21.9 Å². The van der Waals surface area contributed by atoms with Crippen LogP contribution in [0.25, 0.3) is 10.2 Å². The summed E-state index contributed by atoms with van der Waals surface area (Å²) >= 11 is 1.67. The second-order valence-electron chi connectivity index (χ2n) is 4.67. The molecule has 0 aliphatic heterocycles. The lowest BCUT2D eigenvalue weighted by Gasteiger charge is -1.99. The molecule has 1 N–H and O–H groups in total. The summed E-state index contributed by atoms with van der Waals surface area (Å²) in [6, 6.07) is 4.27. The van der Waals surface area contributed by atoms with Crippen LogP contribution in [-0.2, 0) is 6.54 Å². The highest BCUT2D eigenvalue weighted by atomic mass is 32.1. The van der Waals surface area contributed by atoms with Crippen LogP contribution >= 0.6 is 11.3 Å². The Hall–Kier alpha value is -1.88. The molecule has 0 saturated carbocycles. The van der Waals surface area contributed by atoms with Crippen molar-refractivity contribution in [1.29, 1.82) is 0 Å². The number of rotatable bonds is 3. The normalized spacial score (nSPS) is 11.1. The Kier molecular flexibility index (Phi) is 2.98. The Bertz CT molecular complexity index is 729. The topological polar surface area (TPSA) is 51.0 Å². The lowest BCUT2D eigenvalue weighted by molar-refractivity contribution is 0.412. The highest BCUT2D eigenvalue weighted by Gasteiger charge is 2.09. The molecule has 1 aromatic carbocycles. The first-order chi connectivity index (χ1) is 9.15. The van der Waals surface area contributed by atoms with Gasteiger partial charge in [0, 0.05) is 5.56 Å². The maximum absolute atomic E-state index is 4.92. The molecular formula is C14H15N3OS. The van der Waals surface area contributed by atoms with Gasteiger partial charge in [0.15, 0.2) is 5.13 Å². The van der Waals surface area contributed by atoms with Crippen molar-refractivity contribution in [3.63, 3.8) is 0 Å². The Labute approximate surface area is 115 Å². The minimum Gasteiger partial charge on any atom is -0.364 e. The minimum absolute atomic E-state index is 0.639. The molecule has 0 aliphatic rings. The van der Waals surface area contributed by atoms with E-state index in [1.165, 1.54) is 15.8 Å². The molecule has 19 heavy (non-hydrogen) atoms. The predicted molar refractivity (Wildman–Crippen MR) is 77.7 cm³/mol. The number of aryl methyl sites for hydroxylation is 3. The number of benzene rings is 1. The summed E-state index contributed by atoms with van der Waals surface area (Å²) in [6.07, 6.45) is 1.66. The number of nitrogens with zero attached hydrogens (tertiary/aromatic N) is 2. The van der Waals surface area contributed by atoms with Gasteiger partial charge in [-0.05, 0) is 38.0 Å². The molecular weight excluding hydrogens is 258 g/mol. The Morgan fingerprint density at radius 2 is 2.05 bits per heavy atom. The molecule has 0 spiro atoms. The van der Waals surface area contributed by atoms with Crippen molar-refractivity contribution in [3.05, 3.63) is 40.8 Å². The molecule has 0 fully saturated rings. The second-order valence-corrected chi connectivity index (χ2v) is 5.70. The van der Waals surface area contributed by atoms with Crippen molar-refractivity contribution in [1.82, 2.24) is 10.1 Å². The van der Waals surface area contributed by atoms with Crippen LogP contribution in [0.15, 0.2) is 22.9 Å². The lowest BCUT2D eigenvalue weighted by Crippen LogP contribution is -2.00. The van der Waals surface area contributed by atoms with E-state index in [0.29, 0.717) is 6.54 Å². The summed E-state index contributed by atoms with van der Waals surface area (Å²) in [7, 11) is 0. The number of thiazole rings is 1. The summed E-state index contributed by atoms with van der Waals surface area (Å²) in [5.74, 6) is 0. The molecule has 3 aromatic rings. The number of hydrogen-bond acceptors (Lipinski definition) is 5. The van der Waals surface area contributed by atoms with Gasteiger partial charge in [0.2, 0.25) is 0 Å². The lowest BCUT2D eigenvalue weighted by atomic mass is 10.1. The Morgan fingerprint density at radius 3 is 2.79 bits per heavy atom. The van der Waals surface area contributed by atoms with Gasteiger partial charge in [-0.3, -0.25) is 0 Å². The van der Waals surface area contributed by atoms with Crippen LogP contribution in [-0.4, -0.2) is 10.1 Å². The first-order valence-electron chi connectivity index (χ1n) is 6.15. The van der Waals surface area contributed by atoms with Crippen LogP contribution in [0.1, 0.15) is 22.4 Å². The van der Waals surface area contributed by atoms with Crippen molar-refractivity contribution >= 4 is 26.7 Å². The first-order valence-corrected chi connectivity index (χ1v) is 6.97. The van der Waals surface area contributed by atoms with Gasteiger partial charge in [0.05, 0.1) is 16.8 Å². The molecule has 2 heterocycles. The van der Waals surface area contributed by atoms with Crippen molar-refractivity contribution in [2.24, 2.45) is 0 Å². The van der Waals surface area contributed by atoms with E-state index in [1.54, 1.807) is 17.6 Å². The third-order valence-electron chi connectivity index (χ3n) is 3.34. The van der Waals surface area contributed by atoms with Gasteiger partial charge in [-0.2, -0.15) is 0 Å². The highest BCUT2D eigenvalue weighted by Crippen LogP contribution is 2.29. The average molecular weight is 273 g/mol. The molecule has 98 valence electrons. The largest absolute Gasteiger partial charge is 0.364 e. The van der Waals surface area contributed by atoms with Gasteiger partial charge >= 0.3 is 0 Å². The van der Waals surface area contributed by atoms with Gasteiger partial charge in [-0.1, -0.05) is 22.6 Å². The molecule has 4 nitrogen and oxygen atoms in total. The minimum atomic E-state index is 0.639. The number of hydrogen-bond donors (Lipinski definition) is 1. The number of nitrogens with one attached hydrogen (secondary N) is 1. The quantitative estimate of drug-likeness (QED) is 0.788. The SMILES string of the molecule is Cc1conc1CNc1nc2c(C)c(C)ccc2s1. The van der Waals surface area contributed by atoms with Crippen LogP contribution in [0, 0.1) is 20.8 Å². The molecule has 0 radical (unpaired) electrons. The van der Waals surface area contributed by atoms with Crippen molar-refractivity contribution in [3.8, 4) is 0 Å². The van der Waals surface area contributed by atoms with E-state index in [2.05, 4.69) is 41.4 Å². The van der Waals surface area contributed by atoms with E-state index in [9.17, 15) is 0 Å². The third-order valence-corrected chi connectivity index (χ3v) is 4.32. The zero-order chi connectivity index (χ0) is 13.4. The smallest absolute Gasteiger partial charge is 0.184 e. The van der Waals surface area contributed by atoms with Crippen molar-refractivity contribution < 1.29 is 4.52 Å². The summed E-state index contributed by atoms with van der Waals surface area (Å²) in [5, 5.41) is 8.19. The van der Waals surface area contributed by atoms with Crippen molar-refractivity contribution in [2.75, 3.05) is 5.32 Å². The zero-order valence-electron chi connectivity index (χ0n) is 11.2. The Balaban J connectivity index is 1.86. The molecule has 3 rings (SSSR count).